The first-order valence-corrected chi connectivity index (χ1v) is 6.83. The van der Waals surface area contributed by atoms with E-state index in [1.165, 1.54) is 0 Å². The van der Waals surface area contributed by atoms with Crippen molar-refractivity contribution in [2.45, 2.75) is 63.3 Å². The summed E-state index contributed by atoms with van der Waals surface area (Å²) < 4.78 is 42.3. The minimum atomic E-state index is -4.23. The fourth-order valence-corrected chi connectivity index (χ4v) is 2.81. The molecule has 2 saturated carbocycles. The molecule has 2 fully saturated rings. The lowest BCUT2D eigenvalue weighted by atomic mass is 9.78. The summed E-state index contributed by atoms with van der Waals surface area (Å²) in [5.41, 5.74) is -0.601. The van der Waals surface area contributed by atoms with E-state index in [1.54, 1.807) is 0 Å². The van der Waals surface area contributed by atoms with Crippen molar-refractivity contribution in [3.05, 3.63) is 0 Å². The first-order valence-electron chi connectivity index (χ1n) is 6.83. The average molecular weight is 265 g/mol. The van der Waals surface area contributed by atoms with E-state index < -0.39 is 18.4 Å². The van der Waals surface area contributed by atoms with Gasteiger partial charge in [0.2, 0.25) is 0 Å². The van der Waals surface area contributed by atoms with Gasteiger partial charge >= 0.3 is 6.18 Å². The predicted octanol–water partition coefficient (Wildman–Crippen LogP) is 3.27. The van der Waals surface area contributed by atoms with Crippen LogP contribution in [0.2, 0.25) is 0 Å². The maximum Gasteiger partial charge on any atom is 0.411 e. The molecule has 0 heterocycles. The zero-order valence-corrected chi connectivity index (χ0v) is 10.9. The molecule has 2 aliphatic rings. The van der Waals surface area contributed by atoms with Crippen LogP contribution in [0.5, 0.6) is 0 Å². The molecule has 1 N–H and O–H groups in total. The molecule has 106 valence electrons. The summed E-state index contributed by atoms with van der Waals surface area (Å²) in [5, 5.41) is 3.33. The Morgan fingerprint density at radius 1 is 1.28 bits per heavy atom. The van der Waals surface area contributed by atoms with Gasteiger partial charge in [-0.3, -0.25) is 0 Å². The Balaban J connectivity index is 1.91. The molecular formula is C13H22F3NO. The summed E-state index contributed by atoms with van der Waals surface area (Å²) in [5.74, 6) is 0.452. The minimum absolute atomic E-state index is 0.452. The van der Waals surface area contributed by atoms with Crippen LogP contribution in [0.1, 0.15) is 45.4 Å². The average Bonchev–Trinajstić information content (AvgIpc) is 3.07. The van der Waals surface area contributed by atoms with Gasteiger partial charge in [-0.1, -0.05) is 19.8 Å². The Morgan fingerprint density at radius 2 is 2.00 bits per heavy atom. The third kappa shape index (κ3) is 4.43. The van der Waals surface area contributed by atoms with Crippen molar-refractivity contribution in [2.75, 3.05) is 13.2 Å². The molecule has 0 aromatic rings. The van der Waals surface area contributed by atoms with Crippen molar-refractivity contribution < 1.29 is 17.9 Å². The fourth-order valence-electron chi connectivity index (χ4n) is 2.81. The standard InChI is InChI=1S/C13H22F3NO/c1-10-3-2-6-12(7-10,8-17-11-4-5-11)18-9-13(14,15)16/h10-11,17H,2-9H2,1H3. The highest BCUT2D eigenvalue weighted by Gasteiger charge is 2.40. The molecule has 5 heteroatoms. The van der Waals surface area contributed by atoms with Gasteiger partial charge in [-0.15, -0.1) is 0 Å². The molecular weight excluding hydrogens is 243 g/mol. The topological polar surface area (TPSA) is 21.3 Å². The molecule has 0 aromatic carbocycles. The van der Waals surface area contributed by atoms with Gasteiger partial charge in [-0.25, -0.2) is 0 Å². The molecule has 0 amide bonds. The van der Waals surface area contributed by atoms with Crippen LogP contribution in [0, 0.1) is 5.92 Å². The highest BCUT2D eigenvalue weighted by Crippen LogP contribution is 2.36. The fraction of sp³-hybridized carbons (Fsp3) is 1.00. The first-order chi connectivity index (χ1) is 8.39. The molecule has 2 nitrogen and oxygen atoms in total. The van der Waals surface area contributed by atoms with Crippen LogP contribution in [0.3, 0.4) is 0 Å². The molecule has 2 atom stereocenters. The number of rotatable bonds is 5. The van der Waals surface area contributed by atoms with E-state index in [9.17, 15) is 13.2 Å². The molecule has 0 saturated heterocycles. The molecule has 0 spiro atoms. The lowest BCUT2D eigenvalue weighted by Crippen LogP contribution is -2.48. The molecule has 18 heavy (non-hydrogen) atoms. The number of hydrogen-bond donors (Lipinski definition) is 1. The van der Waals surface area contributed by atoms with Gasteiger partial charge < -0.3 is 10.1 Å². The van der Waals surface area contributed by atoms with E-state index in [0.29, 0.717) is 18.5 Å². The maximum absolute atomic E-state index is 12.3. The van der Waals surface area contributed by atoms with Crippen LogP contribution in [0.15, 0.2) is 0 Å². The third-order valence-electron chi connectivity index (χ3n) is 3.88. The number of halogens is 3. The molecule has 0 bridgehead atoms. The second kappa shape index (κ2) is 5.37. The van der Waals surface area contributed by atoms with Crippen molar-refractivity contribution in [2.24, 2.45) is 5.92 Å². The smallest absolute Gasteiger partial charge is 0.364 e. The number of ether oxygens (including phenoxy) is 1. The highest BCUT2D eigenvalue weighted by molar-refractivity contribution is 4.92. The molecule has 0 radical (unpaired) electrons. The normalized spacial score (nSPS) is 33.7. The molecule has 2 rings (SSSR count). The lowest BCUT2D eigenvalue weighted by Gasteiger charge is -2.40. The molecule has 0 aliphatic heterocycles. The predicted molar refractivity (Wildman–Crippen MR) is 63.4 cm³/mol. The number of alkyl halides is 3. The van der Waals surface area contributed by atoms with Crippen LogP contribution in [0.25, 0.3) is 0 Å². The summed E-state index contributed by atoms with van der Waals surface area (Å²) in [4.78, 5) is 0. The van der Waals surface area contributed by atoms with Crippen LogP contribution >= 0.6 is 0 Å². The van der Waals surface area contributed by atoms with Crippen LogP contribution in [-0.2, 0) is 4.74 Å². The van der Waals surface area contributed by atoms with E-state index in [-0.39, 0.29) is 0 Å². The van der Waals surface area contributed by atoms with Crippen molar-refractivity contribution in [1.29, 1.82) is 0 Å². The van der Waals surface area contributed by atoms with Crippen molar-refractivity contribution in [3.63, 3.8) is 0 Å². The second-order valence-corrected chi connectivity index (χ2v) is 5.94. The second-order valence-electron chi connectivity index (χ2n) is 5.94. The minimum Gasteiger partial charge on any atom is -0.364 e. The van der Waals surface area contributed by atoms with E-state index in [0.717, 1.165) is 38.5 Å². The van der Waals surface area contributed by atoms with E-state index >= 15 is 0 Å². The molecule has 0 aromatic heterocycles. The Hall–Kier alpha value is -0.290. The SMILES string of the molecule is CC1CCCC(CNC2CC2)(OCC(F)(F)F)C1. The van der Waals surface area contributed by atoms with Crippen molar-refractivity contribution >= 4 is 0 Å². The summed E-state index contributed by atoms with van der Waals surface area (Å²) in [6.07, 6.45) is 1.60. The third-order valence-corrected chi connectivity index (χ3v) is 3.88. The van der Waals surface area contributed by atoms with Gasteiger partial charge in [0.25, 0.3) is 0 Å². The Kier molecular flexibility index (Phi) is 4.22. The largest absolute Gasteiger partial charge is 0.411 e. The van der Waals surface area contributed by atoms with Gasteiger partial charge in [-0.2, -0.15) is 13.2 Å². The summed E-state index contributed by atoms with van der Waals surface area (Å²) in [6.45, 7) is 1.55. The number of nitrogens with one attached hydrogen (secondary N) is 1. The van der Waals surface area contributed by atoms with Gasteiger partial charge in [0.1, 0.15) is 6.61 Å². The Labute approximate surface area is 106 Å². The van der Waals surface area contributed by atoms with Gasteiger partial charge in [-0.05, 0) is 31.6 Å². The molecule has 2 unspecified atom stereocenters. The summed E-state index contributed by atoms with van der Waals surface area (Å²) in [6, 6.07) is 0.508. The van der Waals surface area contributed by atoms with Crippen LogP contribution < -0.4 is 5.32 Å². The highest BCUT2D eigenvalue weighted by atomic mass is 19.4. The Bertz CT molecular complexity index is 278. The Morgan fingerprint density at radius 3 is 2.56 bits per heavy atom. The van der Waals surface area contributed by atoms with E-state index in [2.05, 4.69) is 12.2 Å². The van der Waals surface area contributed by atoms with Crippen molar-refractivity contribution in [1.82, 2.24) is 5.32 Å². The zero-order valence-electron chi connectivity index (χ0n) is 10.9. The quantitative estimate of drug-likeness (QED) is 0.823. The first kappa shape index (κ1) is 14.1. The van der Waals surface area contributed by atoms with E-state index in [4.69, 9.17) is 4.74 Å². The monoisotopic (exact) mass is 265 g/mol. The lowest BCUT2D eigenvalue weighted by molar-refractivity contribution is -0.212. The number of hydrogen-bond acceptors (Lipinski definition) is 2. The molecule has 2 aliphatic carbocycles. The maximum atomic E-state index is 12.3. The van der Waals surface area contributed by atoms with Gasteiger partial charge in [0.15, 0.2) is 0 Å². The van der Waals surface area contributed by atoms with Crippen molar-refractivity contribution in [3.8, 4) is 0 Å². The summed E-state index contributed by atoms with van der Waals surface area (Å²) >= 11 is 0. The van der Waals surface area contributed by atoms with Gasteiger partial charge in [0.05, 0.1) is 5.60 Å². The van der Waals surface area contributed by atoms with Crippen LogP contribution in [-0.4, -0.2) is 31.0 Å². The van der Waals surface area contributed by atoms with E-state index in [1.807, 2.05) is 0 Å². The van der Waals surface area contributed by atoms with Crippen LogP contribution in [0.4, 0.5) is 13.2 Å². The summed E-state index contributed by atoms with van der Waals surface area (Å²) in [7, 11) is 0. The van der Waals surface area contributed by atoms with Gasteiger partial charge in [0, 0.05) is 12.6 Å². The zero-order chi connectivity index (χ0) is 13.2.